The fourth-order valence-electron chi connectivity index (χ4n) is 1.19. The Hall–Kier alpha value is -1.59. The van der Waals surface area contributed by atoms with Crippen LogP contribution < -0.4 is 0 Å². The summed E-state index contributed by atoms with van der Waals surface area (Å²) in [6, 6.07) is 0. The molecule has 0 amide bonds. The van der Waals surface area contributed by atoms with Gasteiger partial charge in [0.15, 0.2) is 0 Å². The summed E-state index contributed by atoms with van der Waals surface area (Å²) >= 11 is 0. The van der Waals surface area contributed by atoms with Crippen LogP contribution in [0, 0.1) is 5.92 Å². The van der Waals surface area contributed by atoms with E-state index in [0.29, 0.717) is 0 Å². The zero-order valence-corrected chi connectivity index (χ0v) is 8.18. The van der Waals surface area contributed by atoms with Crippen molar-refractivity contribution in [3.8, 4) is 0 Å². The maximum atomic E-state index is 10.6. The van der Waals surface area contributed by atoms with Gasteiger partial charge in [-0.2, -0.15) is 0 Å². The van der Waals surface area contributed by atoms with Gasteiger partial charge in [0.25, 0.3) is 0 Å². The molecule has 0 radical (unpaired) electrons. The Morgan fingerprint density at radius 3 is 1.80 bits per heavy atom. The maximum absolute atomic E-state index is 10.6. The molecule has 6 nitrogen and oxygen atoms in total. The average molecular weight is 218 g/mol. The molecule has 0 fully saturated rings. The van der Waals surface area contributed by atoms with E-state index in [0.717, 1.165) is 0 Å². The zero-order valence-electron chi connectivity index (χ0n) is 8.18. The first-order valence-electron chi connectivity index (χ1n) is 4.60. The molecule has 86 valence electrons. The topological polar surface area (TPSA) is 112 Å². The summed E-state index contributed by atoms with van der Waals surface area (Å²) in [7, 11) is 0. The lowest BCUT2D eigenvalue weighted by atomic mass is 9.97. The molecule has 1 atom stereocenters. The summed E-state index contributed by atoms with van der Waals surface area (Å²) in [5.41, 5.74) is 0. The van der Waals surface area contributed by atoms with Gasteiger partial charge in [-0.25, -0.2) is 0 Å². The number of rotatable bonds is 8. The molecule has 0 heterocycles. The van der Waals surface area contributed by atoms with Crippen LogP contribution in [0.1, 0.15) is 32.1 Å². The van der Waals surface area contributed by atoms with Crippen LogP contribution in [0.3, 0.4) is 0 Å². The van der Waals surface area contributed by atoms with Crippen LogP contribution in [0.2, 0.25) is 0 Å². The number of carbonyl (C=O) groups is 3. The molecule has 0 spiro atoms. The lowest BCUT2D eigenvalue weighted by Crippen LogP contribution is -2.15. The van der Waals surface area contributed by atoms with Crippen molar-refractivity contribution in [1.82, 2.24) is 0 Å². The number of carboxylic acid groups (broad SMARTS) is 3. The van der Waals surface area contributed by atoms with Crippen molar-refractivity contribution in [2.45, 2.75) is 32.1 Å². The third-order valence-electron chi connectivity index (χ3n) is 2.00. The molecule has 0 saturated carbocycles. The van der Waals surface area contributed by atoms with Gasteiger partial charge in [-0.05, 0) is 19.3 Å². The maximum Gasteiger partial charge on any atom is 0.306 e. The van der Waals surface area contributed by atoms with Gasteiger partial charge in [0.1, 0.15) is 0 Å². The van der Waals surface area contributed by atoms with Crippen molar-refractivity contribution in [1.29, 1.82) is 0 Å². The summed E-state index contributed by atoms with van der Waals surface area (Å²) in [5.74, 6) is -3.85. The summed E-state index contributed by atoms with van der Waals surface area (Å²) in [4.78, 5) is 31.0. The van der Waals surface area contributed by atoms with Crippen molar-refractivity contribution in [2.75, 3.05) is 0 Å². The van der Waals surface area contributed by atoms with Crippen molar-refractivity contribution >= 4 is 17.9 Å². The Kier molecular flexibility index (Phi) is 6.08. The van der Waals surface area contributed by atoms with E-state index in [1.165, 1.54) is 0 Å². The Morgan fingerprint density at radius 2 is 1.40 bits per heavy atom. The minimum Gasteiger partial charge on any atom is -0.481 e. The fraction of sp³-hybridized carbons (Fsp3) is 0.667. The number of hydrogen-bond donors (Lipinski definition) is 3. The Bertz CT molecular complexity index is 247. The predicted molar refractivity (Wildman–Crippen MR) is 49.5 cm³/mol. The minimum absolute atomic E-state index is 0.0459. The van der Waals surface area contributed by atoms with Gasteiger partial charge in [-0.3, -0.25) is 14.4 Å². The lowest BCUT2D eigenvalue weighted by Gasteiger charge is -2.09. The SMILES string of the molecule is O=C(O)CCC[C@@H](CCC(=O)O)C(=O)O. The second kappa shape index (κ2) is 6.80. The van der Waals surface area contributed by atoms with E-state index in [1.807, 2.05) is 0 Å². The molecule has 0 saturated heterocycles. The molecule has 3 N–H and O–H groups in total. The Labute approximate surface area is 86.5 Å². The van der Waals surface area contributed by atoms with Crippen molar-refractivity contribution < 1.29 is 29.7 Å². The number of aliphatic carboxylic acids is 3. The van der Waals surface area contributed by atoms with Crippen LogP contribution in [0.25, 0.3) is 0 Å². The number of hydrogen-bond acceptors (Lipinski definition) is 3. The minimum atomic E-state index is -1.07. The van der Waals surface area contributed by atoms with Gasteiger partial charge in [0, 0.05) is 12.8 Å². The molecule has 0 aliphatic heterocycles. The summed E-state index contributed by atoms with van der Waals surface area (Å²) in [5, 5.41) is 25.4. The van der Waals surface area contributed by atoms with Crippen molar-refractivity contribution in [2.24, 2.45) is 5.92 Å². The van der Waals surface area contributed by atoms with Gasteiger partial charge < -0.3 is 15.3 Å². The van der Waals surface area contributed by atoms with E-state index in [9.17, 15) is 14.4 Å². The molecule has 0 rings (SSSR count). The fourth-order valence-corrected chi connectivity index (χ4v) is 1.19. The second-order valence-corrected chi connectivity index (χ2v) is 3.25. The van der Waals surface area contributed by atoms with Crippen molar-refractivity contribution in [3.05, 3.63) is 0 Å². The van der Waals surface area contributed by atoms with Crippen LogP contribution >= 0.6 is 0 Å². The van der Waals surface area contributed by atoms with E-state index < -0.39 is 23.8 Å². The van der Waals surface area contributed by atoms with Crippen LogP contribution in [0.15, 0.2) is 0 Å². The molecular weight excluding hydrogens is 204 g/mol. The molecule has 15 heavy (non-hydrogen) atoms. The first kappa shape index (κ1) is 13.4. The highest BCUT2D eigenvalue weighted by molar-refractivity contribution is 5.72. The molecule has 0 aromatic rings. The Balaban J connectivity index is 3.88. The van der Waals surface area contributed by atoms with Crippen LogP contribution in [0.5, 0.6) is 0 Å². The van der Waals surface area contributed by atoms with Crippen molar-refractivity contribution in [3.63, 3.8) is 0 Å². The van der Waals surface area contributed by atoms with Crippen LogP contribution in [-0.4, -0.2) is 33.2 Å². The highest BCUT2D eigenvalue weighted by Gasteiger charge is 2.18. The van der Waals surface area contributed by atoms with Crippen LogP contribution in [-0.2, 0) is 14.4 Å². The predicted octanol–water partition coefficient (Wildman–Crippen LogP) is 0.807. The van der Waals surface area contributed by atoms with Gasteiger partial charge >= 0.3 is 17.9 Å². The standard InChI is InChI=1S/C9H14O6/c10-7(11)3-1-2-6(9(14)15)4-5-8(12)13/h6H,1-5H2,(H,10,11)(H,12,13)(H,14,15)/t6-/m0/s1. The number of carboxylic acids is 3. The molecular formula is C9H14O6. The van der Waals surface area contributed by atoms with E-state index in [4.69, 9.17) is 15.3 Å². The molecule has 0 aromatic heterocycles. The molecule has 0 aromatic carbocycles. The molecule has 0 unspecified atom stereocenters. The van der Waals surface area contributed by atoms with Gasteiger partial charge in [0.2, 0.25) is 0 Å². The summed E-state index contributed by atoms with van der Waals surface area (Å²) in [6.45, 7) is 0. The monoisotopic (exact) mass is 218 g/mol. The first-order valence-corrected chi connectivity index (χ1v) is 4.60. The van der Waals surface area contributed by atoms with Crippen LogP contribution in [0.4, 0.5) is 0 Å². The largest absolute Gasteiger partial charge is 0.481 e. The molecule has 6 heteroatoms. The molecule has 0 bridgehead atoms. The Morgan fingerprint density at radius 1 is 0.867 bits per heavy atom. The third kappa shape index (κ3) is 7.48. The van der Waals surface area contributed by atoms with Gasteiger partial charge in [-0.1, -0.05) is 0 Å². The van der Waals surface area contributed by atoms with E-state index in [2.05, 4.69) is 0 Å². The summed E-state index contributed by atoms with van der Waals surface area (Å²) < 4.78 is 0. The van der Waals surface area contributed by atoms with E-state index in [1.54, 1.807) is 0 Å². The molecule has 0 aliphatic rings. The van der Waals surface area contributed by atoms with E-state index in [-0.39, 0.29) is 32.1 Å². The first-order chi connectivity index (χ1) is 6.93. The zero-order chi connectivity index (χ0) is 11.8. The third-order valence-corrected chi connectivity index (χ3v) is 2.00. The average Bonchev–Trinajstić information content (AvgIpc) is 2.09. The summed E-state index contributed by atoms with van der Waals surface area (Å²) in [6.07, 6.45) is 0.214. The normalized spacial score (nSPS) is 12.0. The quantitative estimate of drug-likeness (QED) is 0.555. The van der Waals surface area contributed by atoms with Gasteiger partial charge in [-0.15, -0.1) is 0 Å². The molecule has 0 aliphatic carbocycles. The highest BCUT2D eigenvalue weighted by Crippen LogP contribution is 2.15. The highest BCUT2D eigenvalue weighted by atomic mass is 16.4. The smallest absolute Gasteiger partial charge is 0.306 e. The lowest BCUT2D eigenvalue weighted by molar-refractivity contribution is -0.144. The van der Waals surface area contributed by atoms with E-state index >= 15 is 0 Å². The van der Waals surface area contributed by atoms with Gasteiger partial charge in [0.05, 0.1) is 5.92 Å². The second-order valence-electron chi connectivity index (χ2n) is 3.25.